The first-order chi connectivity index (χ1) is 9.19. The van der Waals surface area contributed by atoms with Crippen molar-refractivity contribution in [3.05, 3.63) is 29.8 Å². The molecule has 1 aromatic carbocycles. The molecule has 0 spiro atoms. The fourth-order valence-electron chi connectivity index (χ4n) is 2.11. The second-order valence-corrected chi connectivity index (χ2v) is 4.19. The second kappa shape index (κ2) is 5.81. The summed E-state index contributed by atoms with van der Waals surface area (Å²) >= 11 is 0. The van der Waals surface area contributed by atoms with E-state index >= 15 is 0 Å². The first-order valence-electron chi connectivity index (χ1n) is 6.02. The van der Waals surface area contributed by atoms with Crippen molar-refractivity contribution in [3.8, 4) is 0 Å². The zero-order valence-electron chi connectivity index (χ0n) is 10.6. The van der Waals surface area contributed by atoms with Crippen molar-refractivity contribution < 1.29 is 19.4 Å². The molecule has 1 amide bonds. The molecule has 1 fully saturated rings. The van der Waals surface area contributed by atoms with E-state index in [1.807, 2.05) is 0 Å². The summed E-state index contributed by atoms with van der Waals surface area (Å²) in [5.41, 5.74) is 0.858. The molecule has 2 rings (SSSR count). The lowest BCUT2D eigenvalue weighted by Gasteiger charge is -2.33. The molecule has 0 bridgehead atoms. The molecule has 1 heterocycles. The summed E-state index contributed by atoms with van der Waals surface area (Å²) in [6.07, 6.45) is 0. The van der Waals surface area contributed by atoms with Crippen LogP contribution in [0.4, 0.5) is 5.69 Å². The monoisotopic (exact) mass is 264 g/mol. The number of piperazine rings is 1. The lowest BCUT2D eigenvalue weighted by molar-refractivity contribution is -0.122. The predicted octanol–water partition coefficient (Wildman–Crippen LogP) is -0.230. The van der Waals surface area contributed by atoms with Gasteiger partial charge in [0.2, 0.25) is 5.91 Å². The SMILES string of the molecule is COC(=O)c1ccccc1N1CCNC(CO)C1=O. The van der Waals surface area contributed by atoms with Gasteiger partial charge in [0.25, 0.3) is 0 Å². The van der Waals surface area contributed by atoms with Crippen LogP contribution < -0.4 is 10.2 Å². The van der Waals surface area contributed by atoms with Gasteiger partial charge in [-0.15, -0.1) is 0 Å². The highest BCUT2D eigenvalue weighted by Crippen LogP contribution is 2.23. The van der Waals surface area contributed by atoms with Crippen LogP contribution in [0.25, 0.3) is 0 Å². The molecular weight excluding hydrogens is 248 g/mol. The Morgan fingerprint density at radius 2 is 2.26 bits per heavy atom. The van der Waals surface area contributed by atoms with Crippen LogP contribution in [-0.2, 0) is 9.53 Å². The van der Waals surface area contributed by atoms with Crippen molar-refractivity contribution in [2.24, 2.45) is 0 Å². The lowest BCUT2D eigenvalue weighted by Crippen LogP contribution is -2.57. The minimum atomic E-state index is -0.626. The van der Waals surface area contributed by atoms with E-state index in [2.05, 4.69) is 5.32 Å². The maximum Gasteiger partial charge on any atom is 0.339 e. The number of nitrogens with zero attached hydrogens (tertiary/aromatic N) is 1. The lowest BCUT2D eigenvalue weighted by atomic mass is 10.1. The molecule has 1 aliphatic heterocycles. The Morgan fingerprint density at radius 1 is 1.53 bits per heavy atom. The summed E-state index contributed by atoms with van der Waals surface area (Å²) in [5, 5.41) is 12.1. The largest absolute Gasteiger partial charge is 0.465 e. The minimum absolute atomic E-state index is 0.245. The highest BCUT2D eigenvalue weighted by Gasteiger charge is 2.30. The van der Waals surface area contributed by atoms with Crippen LogP contribution in [0.5, 0.6) is 0 Å². The van der Waals surface area contributed by atoms with Gasteiger partial charge in [-0.2, -0.15) is 0 Å². The van der Waals surface area contributed by atoms with Gasteiger partial charge < -0.3 is 20.1 Å². The number of nitrogens with one attached hydrogen (secondary N) is 1. The van der Waals surface area contributed by atoms with Crippen molar-refractivity contribution >= 4 is 17.6 Å². The van der Waals surface area contributed by atoms with Gasteiger partial charge in [0.05, 0.1) is 25.0 Å². The van der Waals surface area contributed by atoms with Gasteiger partial charge in [0.1, 0.15) is 6.04 Å². The van der Waals surface area contributed by atoms with Gasteiger partial charge >= 0.3 is 5.97 Å². The molecule has 1 unspecified atom stereocenters. The van der Waals surface area contributed by atoms with Crippen molar-refractivity contribution in [1.82, 2.24) is 5.32 Å². The van der Waals surface area contributed by atoms with Crippen LogP contribution in [0.3, 0.4) is 0 Å². The number of anilines is 1. The summed E-state index contributed by atoms with van der Waals surface area (Å²) in [4.78, 5) is 25.4. The molecule has 0 saturated carbocycles. The van der Waals surface area contributed by atoms with Gasteiger partial charge in [0, 0.05) is 13.1 Å². The third-order valence-electron chi connectivity index (χ3n) is 3.07. The standard InChI is InChI=1S/C13H16N2O4/c1-19-13(18)9-4-2-3-5-11(9)15-7-6-14-10(8-16)12(15)17/h2-5,10,14,16H,6-8H2,1H3. The normalized spacial score (nSPS) is 19.4. The fourth-order valence-corrected chi connectivity index (χ4v) is 2.11. The third kappa shape index (κ3) is 2.59. The number of hydrogen-bond donors (Lipinski definition) is 2. The molecule has 1 atom stereocenters. The average Bonchev–Trinajstić information content (AvgIpc) is 2.47. The Labute approximate surface area is 111 Å². The first-order valence-corrected chi connectivity index (χ1v) is 6.02. The topological polar surface area (TPSA) is 78.9 Å². The van der Waals surface area contributed by atoms with Crippen LogP contribution in [0.1, 0.15) is 10.4 Å². The van der Waals surface area contributed by atoms with Gasteiger partial charge in [-0.05, 0) is 12.1 Å². The number of carbonyl (C=O) groups is 2. The summed E-state index contributed by atoms with van der Waals surface area (Å²) in [6, 6.07) is 6.16. The van der Waals surface area contributed by atoms with E-state index in [0.717, 1.165) is 0 Å². The van der Waals surface area contributed by atoms with E-state index in [-0.39, 0.29) is 12.5 Å². The van der Waals surface area contributed by atoms with Crippen LogP contribution in [0.2, 0.25) is 0 Å². The molecule has 0 aromatic heterocycles. The number of benzene rings is 1. The Balaban J connectivity index is 2.35. The van der Waals surface area contributed by atoms with Crippen molar-refractivity contribution in [2.75, 3.05) is 31.7 Å². The van der Waals surface area contributed by atoms with E-state index in [0.29, 0.717) is 24.3 Å². The number of aliphatic hydroxyl groups excluding tert-OH is 1. The second-order valence-electron chi connectivity index (χ2n) is 4.19. The zero-order chi connectivity index (χ0) is 13.8. The van der Waals surface area contributed by atoms with Crippen LogP contribution in [-0.4, -0.2) is 49.8 Å². The Bertz CT molecular complexity index is 489. The molecule has 1 aromatic rings. The van der Waals surface area contributed by atoms with Crippen LogP contribution >= 0.6 is 0 Å². The molecule has 102 valence electrons. The fraction of sp³-hybridized carbons (Fsp3) is 0.385. The average molecular weight is 264 g/mol. The molecule has 19 heavy (non-hydrogen) atoms. The maximum atomic E-state index is 12.2. The van der Waals surface area contributed by atoms with E-state index < -0.39 is 12.0 Å². The molecule has 6 heteroatoms. The number of ether oxygens (including phenoxy) is 1. The number of para-hydroxylation sites is 1. The quantitative estimate of drug-likeness (QED) is 0.737. The van der Waals surface area contributed by atoms with Crippen LogP contribution in [0, 0.1) is 0 Å². The number of aliphatic hydroxyl groups is 1. The first kappa shape index (κ1) is 13.5. The number of hydrogen-bond acceptors (Lipinski definition) is 5. The molecule has 1 saturated heterocycles. The summed E-state index contributed by atoms with van der Waals surface area (Å²) < 4.78 is 4.71. The van der Waals surface area contributed by atoms with Gasteiger partial charge in [-0.3, -0.25) is 4.79 Å². The van der Waals surface area contributed by atoms with Gasteiger partial charge in [0.15, 0.2) is 0 Å². The number of rotatable bonds is 3. The molecule has 2 N–H and O–H groups in total. The summed E-state index contributed by atoms with van der Waals surface area (Å²) in [6.45, 7) is 0.742. The highest BCUT2D eigenvalue weighted by molar-refractivity contribution is 6.04. The predicted molar refractivity (Wildman–Crippen MR) is 69.0 cm³/mol. The van der Waals surface area contributed by atoms with Gasteiger partial charge in [-0.25, -0.2) is 4.79 Å². The van der Waals surface area contributed by atoms with Crippen molar-refractivity contribution in [1.29, 1.82) is 0 Å². The maximum absolute atomic E-state index is 12.2. The Hall–Kier alpha value is -1.92. The van der Waals surface area contributed by atoms with E-state index in [4.69, 9.17) is 9.84 Å². The van der Waals surface area contributed by atoms with E-state index in [1.54, 1.807) is 24.3 Å². The minimum Gasteiger partial charge on any atom is -0.465 e. The highest BCUT2D eigenvalue weighted by atomic mass is 16.5. The number of methoxy groups -OCH3 is 1. The van der Waals surface area contributed by atoms with Gasteiger partial charge in [-0.1, -0.05) is 12.1 Å². The number of carbonyl (C=O) groups excluding carboxylic acids is 2. The molecule has 1 aliphatic rings. The summed E-state index contributed by atoms with van der Waals surface area (Å²) in [7, 11) is 1.30. The van der Waals surface area contributed by atoms with E-state index in [1.165, 1.54) is 12.0 Å². The van der Waals surface area contributed by atoms with Crippen molar-refractivity contribution in [2.45, 2.75) is 6.04 Å². The Morgan fingerprint density at radius 3 is 2.95 bits per heavy atom. The molecule has 0 radical (unpaired) electrons. The third-order valence-corrected chi connectivity index (χ3v) is 3.07. The van der Waals surface area contributed by atoms with Crippen LogP contribution in [0.15, 0.2) is 24.3 Å². The summed E-state index contributed by atoms with van der Waals surface area (Å²) in [5.74, 6) is -0.729. The molecule has 6 nitrogen and oxygen atoms in total. The van der Waals surface area contributed by atoms with E-state index in [9.17, 15) is 9.59 Å². The Kier molecular flexibility index (Phi) is 4.13. The zero-order valence-corrected chi connectivity index (χ0v) is 10.6. The van der Waals surface area contributed by atoms with Crippen molar-refractivity contribution in [3.63, 3.8) is 0 Å². The number of esters is 1. The smallest absolute Gasteiger partial charge is 0.339 e. The number of amides is 1. The molecule has 0 aliphatic carbocycles. The molecular formula is C13H16N2O4.